The molecule has 4 aliphatic heterocycles. The average Bonchev–Trinajstić information content (AvgIpc) is 3.19. The van der Waals surface area contributed by atoms with Gasteiger partial charge in [0.15, 0.2) is 0 Å². The summed E-state index contributed by atoms with van der Waals surface area (Å²) in [5.74, 6) is 0.0716. The van der Waals surface area contributed by atoms with Crippen molar-refractivity contribution >= 4 is 12.0 Å². The van der Waals surface area contributed by atoms with Crippen molar-refractivity contribution in [3.63, 3.8) is 0 Å². The molecule has 190 valence electrons. The van der Waals surface area contributed by atoms with Crippen LogP contribution in [-0.4, -0.2) is 76.1 Å². The Hall–Kier alpha value is -2.93. The van der Waals surface area contributed by atoms with Gasteiger partial charge in [0.05, 0.1) is 12.2 Å². The Morgan fingerprint density at radius 1 is 1.03 bits per heavy atom. The van der Waals surface area contributed by atoms with Crippen LogP contribution >= 0.6 is 0 Å². The van der Waals surface area contributed by atoms with Crippen LogP contribution in [0.5, 0.6) is 0 Å². The van der Waals surface area contributed by atoms with E-state index in [2.05, 4.69) is 34.1 Å². The normalized spacial score (nSPS) is 27.1. The Kier molecular flexibility index (Phi) is 6.20. The summed E-state index contributed by atoms with van der Waals surface area (Å²) in [6.07, 6.45) is 9.64. The second kappa shape index (κ2) is 9.51. The van der Waals surface area contributed by atoms with Crippen molar-refractivity contribution in [3.05, 3.63) is 65.5 Å². The first kappa shape index (κ1) is 23.5. The zero-order valence-electron chi connectivity index (χ0n) is 21.1. The van der Waals surface area contributed by atoms with Crippen molar-refractivity contribution in [3.8, 4) is 0 Å². The summed E-state index contributed by atoms with van der Waals surface area (Å²) >= 11 is 0. The number of piperidine rings is 2. The molecule has 1 aromatic carbocycles. The van der Waals surface area contributed by atoms with Gasteiger partial charge in [-0.05, 0) is 81.8 Å². The van der Waals surface area contributed by atoms with Crippen LogP contribution in [-0.2, 0) is 16.7 Å². The lowest BCUT2D eigenvalue weighted by Crippen LogP contribution is -2.57. The minimum Gasteiger partial charge on any atom is -0.450 e. The molecular weight excluding hydrogens is 452 g/mol. The first-order chi connectivity index (χ1) is 17.6. The molecule has 2 unspecified atom stereocenters. The van der Waals surface area contributed by atoms with Gasteiger partial charge >= 0.3 is 6.09 Å². The SMILES string of the molecule is CCOC(=O)N1C2CCC1CC(N1CCC3(CC1)CN(C(=O)c1cccnc1)Cc1ccccc13)C2. The summed E-state index contributed by atoms with van der Waals surface area (Å²) in [5.41, 5.74) is 3.36. The molecule has 7 nitrogen and oxygen atoms in total. The van der Waals surface area contributed by atoms with E-state index < -0.39 is 0 Å². The molecule has 1 spiro atoms. The zero-order valence-corrected chi connectivity index (χ0v) is 21.1. The van der Waals surface area contributed by atoms with E-state index in [0.29, 0.717) is 36.8 Å². The first-order valence-corrected chi connectivity index (χ1v) is 13.5. The molecule has 0 radical (unpaired) electrons. The van der Waals surface area contributed by atoms with E-state index in [9.17, 15) is 9.59 Å². The Balaban J connectivity index is 1.17. The molecule has 2 aromatic rings. The fraction of sp³-hybridized carbons (Fsp3) is 0.552. The molecule has 2 amide bonds. The second-order valence-electron chi connectivity index (χ2n) is 11.0. The van der Waals surface area contributed by atoms with E-state index >= 15 is 0 Å². The van der Waals surface area contributed by atoms with Crippen LogP contribution in [0.15, 0.2) is 48.8 Å². The third-order valence-corrected chi connectivity index (χ3v) is 9.10. The van der Waals surface area contributed by atoms with Gasteiger partial charge in [-0.25, -0.2) is 4.79 Å². The van der Waals surface area contributed by atoms with E-state index in [0.717, 1.165) is 58.2 Å². The molecule has 2 atom stereocenters. The van der Waals surface area contributed by atoms with Gasteiger partial charge in [0.2, 0.25) is 0 Å². The van der Waals surface area contributed by atoms with E-state index in [1.54, 1.807) is 12.4 Å². The van der Waals surface area contributed by atoms with Crippen molar-refractivity contribution in [1.29, 1.82) is 0 Å². The highest BCUT2D eigenvalue weighted by Crippen LogP contribution is 2.44. The number of hydrogen-bond acceptors (Lipinski definition) is 5. The number of aromatic nitrogens is 1. The molecule has 5 heterocycles. The third kappa shape index (κ3) is 4.07. The van der Waals surface area contributed by atoms with E-state index in [1.807, 2.05) is 28.9 Å². The number of likely N-dealkylation sites (tertiary alicyclic amines) is 1. The number of hydrogen-bond donors (Lipinski definition) is 0. The largest absolute Gasteiger partial charge is 0.450 e. The molecule has 3 fully saturated rings. The van der Waals surface area contributed by atoms with Gasteiger partial charge in [0, 0.05) is 49.0 Å². The lowest BCUT2D eigenvalue weighted by Gasteiger charge is -2.51. The molecule has 0 aliphatic carbocycles. The van der Waals surface area contributed by atoms with E-state index in [4.69, 9.17) is 4.74 Å². The Morgan fingerprint density at radius 2 is 1.78 bits per heavy atom. The molecule has 6 rings (SSSR count). The van der Waals surface area contributed by atoms with Crippen molar-refractivity contribution in [1.82, 2.24) is 19.7 Å². The first-order valence-electron chi connectivity index (χ1n) is 13.5. The fourth-order valence-corrected chi connectivity index (χ4v) is 7.39. The van der Waals surface area contributed by atoms with Crippen molar-refractivity contribution < 1.29 is 14.3 Å². The highest BCUT2D eigenvalue weighted by atomic mass is 16.6. The Bertz CT molecular complexity index is 1100. The van der Waals surface area contributed by atoms with Crippen LogP contribution in [0.2, 0.25) is 0 Å². The van der Waals surface area contributed by atoms with Gasteiger partial charge < -0.3 is 19.4 Å². The number of benzene rings is 1. The van der Waals surface area contributed by atoms with Gasteiger partial charge in [0.25, 0.3) is 5.91 Å². The zero-order chi connectivity index (χ0) is 24.7. The number of pyridine rings is 1. The van der Waals surface area contributed by atoms with Crippen molar-refractivity contribution in [2.24, 2.45) is 0 Å². The highest BCUT2D eigenvalue weighted by Gasteiger charge is 2.48. The molecule has 4 aliphatic rings. The van der Waals surface area contributed by atoms with Gasteiger partial charge in [-0.2, -0.15) is 0 Å². The number of fused-ring (bicyclic) bond motifs is 4. The Morgan fingerprint density at radius 3 is 2.47 bits per heavy atom. The number of carbonyl (C=O) groups is 2. The minimum atomic E-state index is -0.127. The maximum atomic E-state index is 13.4. The van der Waals surface area contributed by atoms with Gasteiger partial charge in [0.1, 0.15) is 0 Å². The highest BCUT2D eigenvalue weighted by molar-refractivity contribution is 5.94. The molecule has 1 aromatic heterocycles. The summed E-state index contributed by atoms with van der Waals surface area (Å²) in [6.45, 7) is 5.81. The number of ether oxygens (including phenoxy) is 1. The predicted molar refractivity (Wildman–Crippen MR) is 137 cm³/mol. The molecule has 7 heteroatoms. The summed E-state index contributed by atoms with van der Waals surface area (Å²) in [7, 11) is 0. The van der Waals surface area contributed by atoms with Crippen LogP contribution in [0.4, 0.5) is 4.79 Å². The molecule has 3 saturated heterocycles. The summed E-state index contributed by atoms with van der Waals surface area (Å²) in [5, 5.41) is 0. The van der Waals surface area contributed by atoms with Crippen LogP contribution in [0, 0.1) is 0 Å². The summed E-state index contributed by atoms with van der Waals surface area (Å²) in [4.78, 5) is 36.8. The molecule has 2 bridgehead atoms. The maximum absolute atomic E-state index is 13.4. The topological polar surface area (TPSA) is 66.0 Å². The standard InChI is InChI=1S/C29H36N4O3/c1-2-36-28(35)33-23-9-10-24(33)17-25(16-23)31-14-11-29(12-15-31)20-32(19-22-6-3-4-8-26(22)29)27(34)21-7-5-13-30-18-21/h3-8,13,18,23-25H,2,9-12,14-17,19-20H2,1H3. The fourth-order valence-electron chi connectivity index (χ4n) is 7.39. The number of rotatable bonds is 3. The number of amides is 2. The van der Waals surface area contributed by atoms with Crippen LogP contribution in [0.1, 0.15) is 66.9 Å². The van der Waals surface area contributed by atoms with Crippen molar-refractivity contribution in [2.45, 2.75) is 75.5 Å². The quantitative estimate of drug-likeness (QED) is 0.647. The summed E-state index contributed by atoms with van der Waals surface area (Å²) in [6, 6.07) is 13.6. The Labute approximate surface area is 213 Å². The van der Waals surface area contributed by atoms with Crippen LogP contribution < -0.4 is 0 Å². The summed E-state index contributed by atoms with van der Waals surface area (Å²) < 4.78 is 5.35. The van der Waals surface area contributed by atoms with E-state index in [1.165, 1.54) is 11.1 Å². The third-order valence-electron chi connectivity index (χ3n) is 9.10. The molecule has 36 heavy (non-hydrogen) atoms. The molecule has 0 N–H and O–H groups in total. The van der Waals surface area contributed by atoms with Crippen molar-refractivity contribution in [2.75, 3.05) is 26.2 Å². The minimum absolute atomic E-state index is 0.00612. The number of carbonyl (C=O) groups excluding carboxylic acids is 2. The second-order valence-corrected chi connectivity index (χ2v) is 11.0. The van der Waals surface area contributed by atoms with Crippen LogP contribution in [0.25, 0.3) is 0 Å². The van der Waals surface area contributed by atoms with Crippen LogP contribution in [0.3, 0.4) is 0 Å². The monoisotopic (exact) mass is 488 g/mol. The van der Waals surface area contributed by atoms with Gasteiger partial charge in [-0.3, -0.25) is 9.78 Å². The molecular formula is C29H36N4O3. The van der Waals surface area contributed by atoms with Gasteiger partial charge in [-0.1, -0.05) is 24.3 Å². The maximum Gasteiger partial charge on any atom is 0.410 e. The predicted octanol–water partition coefficient (Wildman–Crippen LogP) is 4.22. The van der Waals surface area contributed by atoms with E-state index in [-0.39, 0.29) is 17.4 Å². The lowest BCUT2D eigenvalue weighted by atomic mass is 9.68. The average molecular weight is 489 g/mol. The van der Waals surface area contributed by atoms with Gasteiger partial charge in [-0.15, -0.1) is 0 Å². The molecule has 0 saturated carbocycles. The smallest absolute Gasteiger partial charge is 0.410 e. The number of nitrogens with zero attached hydrogens (tertiary/aromatic N) is 4. The lowest BCUT2D eigenvalue weighted by molar-refractivity contribution is 0.0192.